The number of nitrogens with one attached hydrogen (secondary N) is 1. The van der Waals surface area contributed by atoms with E-state index in [4.69, 9.17) is 4.74 Å². The highest BCUT2D eigenvalue weighted by Gasteiger charge is 2.42. The number of hydrogen-bond acceptors (Lipinski definition) is 3. The maximum atomic E-state index is 13.4. The maximum absolute atomic E-state index is 13.4. The second-order valence-electron chi connectivity index (χ2n) is 7.20. The molecule has 3 aromatic rings. The summed E-state index contributed by atoms with van der Waals surface area (Å²) in [6.07, 6.45) is 0. The molecule has 4 rings (SSSR count). The summed E-state index contributed by atoms with van der Waals surface area (Å²) in [4.78, 5) is 28.0. The zero-order chi connectivity index (χ0) is 21.3. The molecular weight excluding hydrogens is 383 g/mol. The van der Waals surface area contributed by atoms with Crippen LogP contribution in [0, 0.1) is 5.82 Å². The van der Waals surface area contributed by atoms with Crippen molar-refractivity contribution >= 4 is 17.5 Å². The van der Waals surface area contributed by atoms with Crippen molar-refractivity contribution in [3.05, 3.63) is 95.3 Å². The van der Waals surface area contributed by atoms with E-state index in [9.17, 15) is 14.0 Å². The number of fused-ring (bicyclic) bond motifs is 1. The number of anilines is 1. The molecule has 0 unspecified atom stereocenters. The normalized spacial score (nSPS) is 18.0. The number of nitrogens with zero attached hydrogens (tertiary/aromatic N) is 1. The second kappa shape index (κ2) is 7.99. The number of hydrogen-bond donors (Lipinski definition) is 1. The van der Waals surface area contributed by atoms with E-state index in [0.29, 0.717) is 22.6 Å². The van der Waals surface area contributed by atoms with Gasteiger partial charge in [0.25, 0.3) is 5.91 Å². The third kappa shape index (κ3) is 3.52. The van der Waals surface area contributed by atoms with Crippen molar-refractivity contribution in [2.45, 2.75) is 12.0 Å². The molecule has 0 fully saturated rings. The number of benzene rings is 3. The van der Waals surface area contributed by atoms with Crippen LogP contribution in [0.2, 0.25) is 0 Å². The quantitative estimate of drug-likeness (QED) is 0.702. The van der Waals surface area contributed by atoms with Crippen molar-refractivity contribution < 1.29 is 18.7 Å². The number of ether oxygens (including phenoxy) is 1. The summed E-state index contributed by atoms with van der Waals surface area (Å²) in [6, 6.07) is 19.6. The molecule has 1 aliphatic heterocycles. The van der Waals surface area contributed by atoms with Gasteiger partial charge in [-0.05, 0) is 53.6 Å². The van der Waals surface area contributed by atoms with Crippen LogP contribution in [0.15, 0.2) is 72.8 Å². The summed E-state index contributed by atoms with van der Waals surface area (Å²) in [5.74, 6) is -0.734. The largest absolute Gasteiger partial charge is 0.497 e. The Labute approximate surface area is 174 Å². The van der Waals surface area contributed by atoms with Gasteiger partial charge in [-0.15, -0.1) is 0 Å². The van der Waals surface area contributed by atoms with Gasteiger partial charge in [-0.2, -0.15) is 0 Å². The minimum atomic E-state index is -0.637. The van der Waals surface area contributed by atoms with Crippen LogP contribution in [0.4, 0.5) is 10.1 Å². The van der Waals surface area contributed by atoms with E-state index in [1.54, 1.807) is 31.2 Å². The second-order valence-corrected chi connectivity index (χ2v) is 7.20. The first-order chi connectivity index (χ1) is 14.5. The molecular formula is C24H21FN2O3. The van der Waals surface area contributed by atoms with Crippen LogP contribution < -0.4 is 10.1 Å². The van der Waals surface area contributed by atoms with Crippen molar-refractivity contribution in [2.75, 3.05) is 19.5 Å². The lowest BCUT2D eigenvalue weighted by atomic mass is 9.79. The fourth-order valence-corrected chi connectivity index (χ4v) is 3.93. The number of carbonyl (C=O) groups excluding carboxylic acids is 2. The topological polar surface area (TPSA) is 58.6 Å². The van der Waals surface area contributed by atoms with Crippen LogP contribution in [0.1, 0.15) is 33.4 Å². The molecule has 152 valence electrons. The minimum absolute atomic E-state index is 0.141. The highest BCUT2D eigenvalue weighted by Crippen LogP contribution is 2.42. The minimum Gasteiger partial charge on any atom is -0.497 e. The molecule has 0 saturated heterocycles. The molecule has 5 nitrogen and oxygen atoms in total. The van der Waals surface area contributed by atoms with Crippen molar-refractivity contribution in [3.63, 3.8) is 0 Å². The van der Waals surface area contributed by atoms with Crippen molar-refractivity contribution in [2.24, 2.45) is 0 Å². The van der Waals surface area contributed by atoms with Gasteiger partial charge in [-0.25, -0.2) is 4.39 Å². The Bertz CT molecular complexity index is 1080. The fraction of sp³-hybridized carbons (Fsp3) is 0.167. The van der Waals surface area contributed by atoms with Crippen LogP contribution >= 0.6 is 0 Å². The van der Waals surface area contributed by atoms with E-state index in [1.165, 1.54) is 24.3 Å². The average Bonchev–Trinajstić information content (AvgIpc) is 2.77. The van der Waals surface area contributed by atoms with E-state index >= 15 is 0 Å². The molecule has 30 heavy (non-hydrogen) atoms. The summed E-state index contributed by atoms with van der Waals surface area (Å²) >= 11 is 0. The van der Waals surface area contributed by atoms with Gasteiger partial charge in [0.1, 0.15) is 11.6 Å². The van der Waals surface area contributed by atoms with Gasteiger partial charge < -0.3 is 15.0 Å². The molecule has 3 aromatic carbocycles. The molecule has 0 saturated carbocycles. The SMILES string of the molecule is COc1ccc([C@@H]2[C@@H](C(=O)Nc3ccc(F)cc3)c3ccccc3C(=O)N2C)cc1. The van der Waals surface area contributed by atoms with Crippen LogP contribution in [-0.4, -0.2) is 30.9 Å². The molecule has 1 heterocycles. The van der Waals surface area contributed by atoms with Crippen molar-refractivity contribution in [1.29, 1.82) is 0 Å². The number of methoxy groups -OCH3 is 1. The Morgan fingerprint density at radius 1 is 1.00 bits per heavy atom. The molecule has 0 aliphatic carbocycles. The molecule has 1 aliphatic rings. The van der Waals surface area contributed by atoms with Gasteiger partial charge in [-0.1, -0.05) is 30.3 Å². The van der Waals surface area contributed by atoms with E-state index in [1.807, 2.05) is 36.4 Å². The Kier molecular flexibility index (Phi) is 5.23. The van der Waals surface area contributed by atoms with Gasteiger partial charge in [0.2, 0.25) is 5.91 Å². The Balaban J connectivity index is 1.78. The molecule has 0 spiro atoms. The Morgan fingerprint density at radius 3 is 2.33 bits per heavy atom. The highest BCUT2D eigenvalue weighted by atomic mass is 19.1. The zero-order valence-corrected chi connectivity index (χ0v) is 16.6. The maximum Gasteiger partial charge on any atom is 0.254 e. The van der Waals surface area contributed by atoms with E-state index in [0.717, 1.165) is 5.56 Å². The number of carbonyl (C=O) groups is 2. The summed E-state index contributed by atoms with van der Waals surface area (Å²) in [5, 5.41) is 2.87. The smallest absolute Gasteiger partial charge is 0.254 e. The first-order valence-corrected chi connectivity index (χ1v) is 9.56. The number of halogens is 1. The van der Waals surface area contributed by atoms with Gasteiger partial charge >= 0.3 is 0 Å². The summed E-state index contributed by atoms with van der Waals surface area (Å²) in [5.41, 5.74) is 2.48. The molecule has 2 amide bonds. The summed E-state index contributed by atoms with van der Waals surface area (Å²) in [7, 11) is 3.28. The van der Waals surface area contributed by atoms with Gasteiger partial charge in [0, 0.05) is 18.3 Å². The van der Waals surface area contributed by atoms with Crippen molar-refractivity contribution in [3.8, 4) is 5.75 Å². The molecule has 2 atom stereocenters. The fourth-order valence-electron chi connectivity index (χ4n) is 3.93. The summed E-state index contributed by atoms with van der Waals surface area (Å²) in [6.45, 7) is 0. The zero-order valence-electron chi connectivity index (χ0n) is 16.6. The predicted octanol–water partition coefficient (Wildman–Crippen LogP) is 4.38. The van der Waals surface area contributed by atoms with Crippen LogP contribution in [0.25, 0.3) is 0 Å². The van der Waals surface area contributed by atoms with Gasteiger partial charge in [0.05, 0.1) is 19.1 Å². The monoisotopic (exact) mass is 404 g/mol. The van der Waals surface area contributed by atoms with Crippen LogP contribution in [-0.2, 0) is 4.79 Å². The Morgan fingerprint density at radius 2 is 1.67 bits per heavy atom. The predicted molar refractivity (Wildman–Crippen MR) is 112 cm³/mol. The Hall–Kier alpha value is -3.67. The third-order valence-corrected chi connectivity index (χ3v) is 5.43. The number of amides is 2. The third-order valence-electron chi connectivity index (χ3n) is 5.43. The molecule has 1 N–H and O–H groups in total. The van der Waals surface area contributed by atoms with Crippen molar-refractivity contribution in [1.82, 2.24) is 4.90 Å². The van der Waals surface area contributed by atoms with Crippen LogP contribution in [0.3, 0.4) is 0 Å². The van der Waals surface area contributed by atoms with Crippen LogP contribution in [0.5, 0.6) is 5.75 Å². The average molecular weight is 404 g/mol. The van der Waals surface area contributed by atoms with Gasteiger partial charge in [0.15, 0.2) is 0 Å². The lowest BCUT2D eigenvalue weighted by molar-refractivity contribution is -0.119. The molecule has 0 bridgehead atoms. The molecule has 0 aromatic heterocycles. The van der Waals surface area contributed by atoms with Gasteiger partial charge in [-0.3, -0.25) is 9.59 Å². The highest BCUT2D eigenvalue weighted by molar-refractivity contribution is 6.04. The lowest BCUT2D eigenvalue weighted by Gasteiger charge is -2.39. The van der Waals surface area contributed by atoms with E-state index < -0.39 is 12.0 Å². The number of likely N-dealkylation sites (N-methyl/N-ethyl adjacent to an activating group) is 1. The molecule has 0 radical (unpaired) electrons. The molecule has 6 heteroatoms. The first-order valence-electron chi connectivity index (χ1n) is 9.56. The standard InChI is InChI=1S/C24H21FN2O3/c1-27-22(15-7-13-18(30-2)14-8-15)21(19-5-3-4-6-20(19)24(27)29)23(28)26-17-11-9-16(25)10-12-17/h3-14,21-22H,1-2H3,(H,26,28)/t21-,22+/m0/s1. The first kappa shape index (κ1) is 19.6. The van der Waals surface area contributed by atoms with E-state index in [2.05, 4.69) is 5.32 Å². The lowest BCUT2D eigenvalue weighted by Crippen LogP contribution is -2.44. The van der Waals surface area contributed by atoms with E-state index in [-0.39, 0.29) is 17.6 Å². The summed E-state index contributed by atoms with van der Waals surface area (Å²) < 4.78 is 18.5. The number of rotatable bonds is 4.